The molecule has 2 N–H and O–H groups in total. The van der Waals surface area contributed by atoms with Crippen LogP contribution < -0.4 is 10.0 Å². The van der Waals surface area contributed by atoms with E-state index in [0.717, 1.165) is 10.4 Å². The van der Waals surface area contributed by atoms with Crippen molar-refractivity contribution in [1.82, 2.24) is 4.72 Å². The maximum atomic E-state index is 12.6. The molecule has 2 aromatic carbocycles. The minimum Gasteiger partial charge on any atom is -0.321 e. The van der Waals surface area contributed by atoms with Crippen LogP contribution in [0.2, 0.25) is 0 Å². The molecule has 5 nitrogen and oxygen atoms in total. The van der Waals surface area contributed by atoms with Gasteiger partial charge in [-0.1, -0.05) is 24.3 Å². The van der Waals surface area contributed by atoms with Crippen LogP contribution in [0.4, 0.5) is 5.69 Å². The number of carbonyl (C=O) groups excluding carboxylic acids is 1. The van der Waals surface area contributed by atoms with Crippen molar-refractivity contribution in [3.05, 3.63) is 71.6 Å². The summed E-state index contributed by atoms with van der Waals surface area (Å²) in [6, 6.07) is 17.2. The summed E-state index contributed by atoms with van der Waals surface area (Å²) < 4.78 is 26.9. The van der Waals surface area contributed by atoms with E-state index in [4.69, 9.17) is 0 Å². The molecule has 27 heavy (non-hydrogen) atoms. The smallest absolute Gasteiger partial charge is 0.255 e. The molecule has 0 bridgehead atoms. The number of hydrogen-bond donors (Lipinski definition) is 2. The van der Waals surface area contributed by atoms with Crippen LogP contribution in [0.25, 0.3) is 10.4 Å². The topological polar surface area (TPSA) is 75.3 Å². The number of sulfonamides is 1. The number of anilines is 1. The molecule has 3 aromatic rings. The second-order valence-corrected chi connectivity index (χ2v) is 8.94. The molecule has 7 heteroatoms. The van der Waals surface area contributed by atoms with Crippen LogP contribution >= 0.6 is 11.3 Å². The predicted molar refractivity (Wildman–Crippen MR) is 110 cm³/mol. The van der Waals surface area contributed by atoms with E-state index in [1.54, 1.807) is 25.2 Å². The third-order valence-corrected chi connectivity index (χ3v) is 6.36. The first-order valence-corrected chi connectivity index (χ1v) is 10.8. The third kappa shape index (κ3) is 4.63. The molecule has 3 rings (SSSR count). The fraction of sp³-hybridized carbons (Fsp3) is 0.150. The van der Waals surface area contributed by atoms with Crippen molar-refractivity contribution < 1.29 is 13.2 Å². The molecule has 1 aromatic heterocycles. The third-order valence-electron chi connectivity index (χ3n) is 3.78. The average molecular weight is 401 g/mol. The lowest BCUT2D eigenvalue weighted by molar-refractivity contribution is 0.102. The van der Waals surface area contributed by atoms with Gasteiger partial charge in [0.15, 0.2) is 0 Å². The quantitative estimate of drug-likeness (QED) is 0.646. The second kappa shape index (κ2) is 8.04. The molecule has 1 heterocycles. The van der Waals surface area contributed by atoms with Gasteiger partial charge in [-0.25, -0.2) is 13.1 Å². The number of hydrogen-bond acceptors (Lipinski definition) is 4. The van der Waals surface area contributed by atoms with Gasteiger partial charge in [-0.15, -0.1) is 11.3 Å². The summed E-state index contributed by atoms with van der Waals surface area (Å²) in [7, 11) is -3.58. The Kier molecular flexibility index (Phi) is 5.74. The molecule has 0 atom stereocenters. The van der Waals surface area contributed by atoms with Crippen molar-refractivity contribution in [2.45, 2.75) is 24.8 Å². The highest BCUT2D eigenvalue weighted by atomic mass is 32.2. The van der Waals surface area contributed by atoms with Crippen LogP contribution in [0.3, 0.4) is 0 Å². The lowest BCUT2D eigenvalue weighted by Crippen LogP contribution is -2.30. The van der Waals surface area contributed by atoms with Gasteiger partial charge in [0.05, 0.1) is 4.90 Å². The van der Waals surface area contributed by atoms with E-state index >= 15 is 0 Å². The Morgan fingerprint density at radius 2 is 1.67 bits per heavy atom. The van der Waals surface area contributed by atoms with Crippen molar-refractivity contribution >= 4 is 33.0 Å². The number of amides is 1. The van der Waals surface area contributed by atoms with Gasteiger partial charge in [-0.05, 0) is 55.6 Å². The summed E-state index contributed by atoms with van der Waals surface area (Å²) in [5.41, 5.74) is 2.05. The van der Waals surface area contributed by atoms with Crippen LogP contribution in [0.15, 0.2) is 70.9 Å². The van der Waals surface area contributed by atoms with Crippen LogP contribution in [0.5, 0.6) is 0 Å². The summed E-state index contributed by atoms with van der Waals surface area (Å²) in [5.74, 6) is -0.292. The van der Waals surface area contributed by atoms with E-state index in [1.807, 2.05) is 41.8 Å². The standard InChI is InChI=1S/C20H20N2O3S2/c1-14(2)22-27(24,25)16-11-9-15(10-12-16)20(23)21-18-7-4-3-6-17(18)19-8-5-13-26-19/h3-14,22H,1-2H3,(H,21,23). The Morgan fingerprint density at radius 3 is 2.30 bits per heavy atom. The van der Waals surface area contributed by atoms with Crippen molar-refractivity contribution in [3.8, 4) is 10.4 Å². The number of para-hydroxylation sites is 1. The molecule has 0 saturated carbocycles. The van der Waals surface area contributed by atoms with Gasteiger partial charge in [0.1, 0.15) is 0 Å². The summed E-state index contributed by atoms with van der Waals surface area (Å²) in [4.78, 5) is 13.8. The van der Waals surface area contributed by atoms with E-state index in [9.17, 15) is 13.2 Å². The van der Waals surface area contributed by atoms with E-state index in [2.05, 4.69) is 10.0 Å². The Balaban J connectivity index is 1.80. The number of nitrogens with one attached hydrogen (secondary N) is 2. The Morgan fingerprint density at radius 1 is 0.963 bits per heavy atom. The first-order chi connectivity index (χ1) is 12.9. The number of carbonyl (C=O) groups is 1. The van der Waals surface area contributed by atoms with Crippen molar-refractivity contribution in [2.24, 2.45) is 0 Å². The molecule has 140 valence electrons. The lowest BCUT2D eigenvalue weighted by atomic mass is 10.1. The first-order valence-electron chi connectivity index (χ1n) is 8.43. The van der Waals surface area contributed by atoms with Gasteiger partial charge in [0.2, 0.25) is 10.0 Å². The molecular weight excluding hydrogens is 380 g/mol. The number of rotatable bonds is 6. The zero-order valence-corrected chi connectivity index (χ0v) is 16.6. The zero-order chi connectivity index (χ0) is 19.4. The fourth-order valence-corrected chi connectivity index (χ4v) is 4.61. The molecule has 0 fully saturated rings. The Labute approximate surface area is 163 Å². The van der Waals surface area contributed by atoms with E-state index < -0.39 is 10.0 Å². The first kappa shape index (κ1) is 19.3. The van der Waals surface area contributed by atoms with Gasteiger partial charge < -0.3 is 5.32 Å². The molecule has 0 saturated heterocycles. The van der Waals surface area contributed by atoms with Gasteiger partial charge in [-0.2, -0.15) is 0 Å². The maximum Gasteiger partial charge on any atom is 0.255 e. The molecule has 0 aliphatic rings. The van der Waals surface area contributed by atoms with Crippen LogP contribution in [-0.4, -0.2) is 20.4 Å². The minimum absolute atomic E-state index is 0.131. The minimum atomic E-state index is -3.58. The summed E-state index contributed by atoms with van der Waals surface area (Å²) in [6.45, 7) is 3.51. The van der Waals surface area contributed by atoms with Gasteiger partial charge in [0, 0.05) is 27.7 Å². The zero-order valence-electron chi connectivity index (χ0n) is 15.0. The SMILES string of the molecule is CC(C)NS(=O)(=O)c1ccc(C(=O)Nc2ccccc2-c2cccs2)cc1. The van der Waals surface area contributed by atoms with E-state index in [-0.39, 0.29) is 16.8 Å². The molecule has 0 aliphatic heterocycles. The Hall–Kier alpha value is -2.48. The van der Waals surface area contributed by atoms with Gasteiger partial charge in [-0.3, -0.25) is 4.79 Å². The van der Waals surface area contributed by atoms with Crippen molar-refractivity contribution in [2.75, 3.05) is 5.32 Å². The largest absolute Gasteiger partial charge is 0.321 e. The molecule has 1 amide bonds. The summed E-state index contributed by atoms with van der Waals surface area (Å²) >= 11 is 1.60. The highest BCUT2D eigenvalue weighted by Gasteiger charge is 2.16. The average Bonchev–Trinajstić information content (AvgIpc) is 3.16. The van der Waals surface area contributed by atoms with Crippen LogP contribution in [0.1, 0.15) is 24.2 Å². The lowest BCUT2D eigenvalue weighted by Gasteiger charge is -2.11. The normalized spacial score (nSPS) is 11.5. The number of thiophene rings is 1. The van der Waals surface area contributed by atoms with Crippen molar-refractivity contribution in [3.63, 3.8) is 0 Å². The summed E-state index contributed by atoms with van der Waals surface area (Å²) in [6.07, 6.45) is 0. The maximum absolute atomic E-state index is 12.6. The molecule has 0 radical (unpaired) electrons. The highest BCUT2D eigenvalue weighted by Crippen LogP contribution is 2.31. The van der Waals surface area contributed by atoms with Gasteiger partial charge >= 0.3 is 0 Å². The summed E-state index contributed by atoms with van der Waals surface area (Å²) in [5, 5.41) is 4.89. The van der Waals surface area contributed by atoms with Crippen LogP contribution in [0, 0.1) is 0 Å². The van der Waals surface area contributed by atoms with E-state index in [1.165, 1.54) is 24.3 Å². The Bertz CT molecular complexity index is 1030. The monoisotopic (exact) mass is 400 g/mol. The van der Waals surface area contributed by atoms with Gasteiger partial charge in [0.25, 0.3) is 5.91 Å². The fourth-order valence-electron chi connectivity index (χ4n) is 2.60. The molecule has 0 unspecified atom stereocenters. The molecule has 0 spiro atoms. The molecular formula is C20H20N2O3S2. The highest BCUT2D eigenvalue weighted by molar-refractivity contribution is 7.89. The van der Waals surface area contributed by atoms with Crippen molar-refractivity contribution in [1.29, 1.82) is 0 Å². The van der Waals surface area contributed by atoms with Crippen LogP contribution in [-0.2, 0) is 10.0 Å². The molecule has 0 aliphatic carbocycles. The second-order valence-electron chi connectivity index (χ2n) is 6.28. The van der Waals surface area contributed by atoms with E-state index in [0.29, 0.717) is 11.3 Å². The predicted octanol–water partition coefficient (Wildman–Crippen LogP) is 4.35. The number of benzene rings is 2.